The van der Waals surface area contributed by atoms with E-state index in [1.807, 2.05) is 12.1 Å². The molecule has 0 bridgehead atoms. The van der Waals surface area contributed by atoms with E-state index in [4.69, 9.17) is 11.6 Å². The fourth-order valence-electron chi connectivity index (χ4n) is 3.38. The van der Waals surface area contributed by atoms with Crippen molar-refractivity contribution in [3.63, 3.8) is 0 Å². The van der Waals surface area contributed by atoms with Gasteiger partial charge in [0.05, 0.1) is 14.1 Å². The Morgan fingerprint density at radius 3 is 2.04 bits per heavy atom. The van der Waals surface area contributed by atoms with Gasteiger partial charge in [-0.15, -0.1) is 0 Å². The number of para-hydroxylation sites is 1. The van der Waals surface area contributed by atoms with Gasteiger partial charge in [-0.05, 0) is 34.9 Å². The van der Waals surface area contributed by atoms with Crippen molar-refractivity contribution < 1.29 is 0 Å². The van der Waals surface area contributed by atoms with E-state index in [-0.39, 0.29) is 9.11 Å². The molecule has 0 spiro atoms. The van der Waals surface area contributed by atoms with Crippen LogP contribution in [0.25, 0.3) is 0 Å². The number of halogens is 2. The molecule has 0 radical (unpaired) electrons. The summed E-state index contributed by atoms with van der Waals surface area (Å²) >= 11 is 10.3. The van der Waals surface area contributed by atoms with E-state index in [1.165, 1.54) is 11.3 Å². The van der Waals surface area contributed by atoms with Gasteiger partial charge in [0.1, 0.15) is 4.07 Å². The fraction of sp³-hybridized carbons (Fsp3) is 0.400. The van der Waals surface area contributed by atoms with Crippen LogP contribution >= 0.6 is 27.5 Å². The Labute approximate surface area is 160 Å². The monoisotopic (exact) mass is 421 g/mol. The number of rotatable bonds is 3. The molecule has 1 nitrogen and oxygen atoms in total. The summed E-state index contributed by atoms with van der Waals surface area (Å²) in [7, 11) is -1.69. The Morgan fingerprint density at radius 1 is 1.00 bits per heavy atom. The predicted molar refractivity (Wildman–Crippen MR) is 112 cm³/mol. The summed E-state index contributed by atoms with van der Waals surface area (Å²) in [5.41, 5.74) is 2.60. The van der Waals surface area contributed by atoms with Gasteiger partial charge in [0.25, 0.3) is 0 Å². The molecule has 0 N–H and O–H groups in total. The van der Waals surface area contributed by atoms with Crippen LogP contribution in [0.1, 0.15) is 32.4 Å². The summed E-state index contributed by atoms with van der Waals surface area (Å²) in [5, 5.41) is 1.07. The molecular weight excluding hydrogens is 398 g/mol. The highest BCUT2D eigenvalue weighted by Crippen LogP contribution is 2.67. The Bertz CT molecular complexity index is 724. The quantitative estimate of drug-likeness (QED) is 0.222. The minimum Gasteiger partial charge on any atom is -0.347 e. The molecule has 3 rings (SSSR count). The standard InChI is InChI=1S/C20H25BrClNSi/c1-19(2,3)24(4,5)20(21)18(15-11-13-16(22)14-12-15)23(20)17-9-7-6-8-10-17/h6-14,18H,1-5H3. The molecule has 1 aliphatic heterocycles. The van der Waals surface area contributed by atoms with Gasteiger partial charge < -0.3 is 4.90 Å². The average Bonchev–Trinajstić information content (AvgIpc) is 3.16. The van der Waals surface area contributed by atoms with Gasteiger partial charge in [-0.25, -0.2) is 0 Å². The lowest BCUT2D eigenvalue weighted by Gasteiger charge is -2.41. The van der Waals surface area contributed by atoms with Crippen LogP contribution in [-0.2, 0) is 0 Å². The minimum atomic E-state index is -1.69. The predicted octanol–water partition coefficient (Wildman–Crippen LogP) is 7.04. The van der Waals surface area contributed by atoms with Crippen molar-refractivity contribution in [1.82, 2.24) is 0 Å². The van der Waals surface area contributed by atoms with Crippen molar-refractivity contribution in [3.8, 4) is 0 Å². The van der Waals surface area contributed by atoms with Crippen LogP contribution in [0.4, 0.5) is 5.69 Å². The third kappa shape index (κ3) is 2.65. The summed E-state index contributed by atoms with van der Waals surface area (Å²) in [4.78, 5) is 2.55. The Morgan fingerprint density at radius 2 is 1.54 bits per heavy atom. The molecule has 1 saturated heterocycles. The molecule has 2 aromatic carbocycles. The first-order valence-electron chi connectivity index (χ1n) is 8.39. The molecule has 2 atom stereocenters. The topological polar surface area (TPSA) is 3.01 Å². The van der Waals surface area contributed by atoms with Crippen LogP contribution < -0.4 is 4.90 Å². The molecule has 0 aliphatic carbocycles. The van der Waals surface area contributed by atoms with E-state index < -0.39 is 8.07 Å². The maximum Gasteiger partial charge on any atom is 0.109 e. The summed E-state index contributed by atoms with van der Waals surface area (Å²) in [6.45, 7) is 12.1. The van der Waals surface area contributed by atoms with E-state index in [9.17, 15) is 0 Å². The van der Waals surface area contributed by atoms with Gasteiger partial charge in [0.15, 0.2) is 0 Å². The highest BCUT2D eigenvalue weighted by molar-refractivity contribution is 9.10. The van der Waals surface area contributed by atoms with Crippen molar-refractivity contribution in [1.29, 1.82) is 0 Å². The molecule has 0 aromatic heterocycles. The zero-order valence-electron chi connectivity index (χ0n) is 15.0. The molecular formula is C20H25BrClNSi. The molecule has 24 heavy (non-hydrogen) atoms. The molecule has 0 amide bonds. The summed E-state index contributed by atoms with van der Waals surface area (Å²) in [6, 6.07) is 19.4. The first kappa shape index (κ1) is 18.0. The normalized spacial score (nSPS) is 24.1. The molecule has 1 fully saturated rings. The number of benzene rings is 2. The smallest absolute Gasteiger partial charge is 0.109 e. The van der Waals surface area contributed by atoms with E-state index in [1.54, 1.807) is 0 Å². The van der Waals surface area contributed by atoms with Crippen LogP contribution in [0.15, 0.2) is 54.6 Å². The van der Waals surface area contributed by atoms with Crippen LogP contribution in [0.2, 0.25) is 23.2 Å². The van der Waals surface area contributed by atoms with Gasteiger partial charge in [-0.2, -0.15) is 0 Å². The largest absolute Gasteiger partial charge is 0.347 e. The highest BCUT2D eigenvalue weighted by atomic mass is 79.9. The maximum absolute atomic E-state index is 6.11. The lowest BCUT2D eigenvalue weighted by Crippen LogP contribution is -2.51. The zero-order valence-corrected chi connectivity index (χ0v) is 18.3. The summed E-state index contributed by atoms with van der Waals surface area (Å²) < 4.78 is 0.00737. The third-order valence-corrected chi connectivity index (χ3v) is 15.9. The lowest BCUT2D eigenvalue weighted by molar-refractivity contribution is 0.707. The second kappa shape index (κ2) is 5.89. The van der Waals surface area contributed by atoms with Crippen molar-refractivity contribution in [2.75, 3.05) is 4.90 Å². The van der Waals surface area contributed by atoms with E-state index in [0.29, 0.717) is 6.04 Å². The minimum absolute atomic E-state index is 0.00737. The third-order valence-electron chi connectivity index (χ3n) is 5.88. The van der Waals surface area contributed by atoms with Crippen LogP contribution in [-0.4, -0.2) is 12.1 Å². The Kier molecular flexibility index (Phi) is 4.43. The van der Waals surface area contributed by atoms with E-state index in [2.05, 4.69) is 97.2 Å². The van der Waals surface area contributed by atoms with Gasteiger partial charge in [0, 0.05) is 10.7 Å². The molecule has 128 valence electrons. The van der Waals surface area contributed by atoms with Gasteiger partial charge in [-0.1, -0.05) is 91.7 Å². The van der Waals surface area contributed by atoms with Crippen molar-refractivity contribution >= 4 is 41.3 Å². The highest BCUT2D eigenvalue weighted by Gasteiger charge is 2.72. The second-order valence-corrected chi connectivity index (χ2v) is 16.1. The first-order chi connectivity index (χ1) is 11.1. The van der Waals surface area contributed by atoms with Crippen molar-refractivity contribution in [2.45, 2.75) is 49.0 Å². The van der Waals surface area contributed by atoms with E-state index >= 15 is 0 Å². The van der Waals surface area contributed by atoms with Gasteiger partial charge in [-0.3, -0.25) is 0 Å². The second-order valence-electron chi connectivity index (χ2n) is 8.21. The number of alkyl halides is 1. The number of hydrogen-bond acceptors (Lipinski definition) is 1. The van der Waals surface area contributed by atoms with Crippen LogP contribution in [0, 0.1) is 0 Å². The average molecular weight is 423 g/mol. The molecule has 0 saturated carbocycles. The number of nitrogens with zero attached hydrogens (tertiary/aromatic N) is 1. The Balaban J connectivity index is 2.10. The SMILES string of the molecule is CC(C)(C)[Si](C)(C)C1(Br)C(c2ccc(Cl)cc2)N1c1ccccc1. The fourth-order valence-corrected chi connectivity index (χ4v) is 8.89. The van der Waals surface area contributed by atoms with Crippen LogP contribution in [0.3, 0.4) is 0 Å². The zero-order chi connectivity index (χ0) is 17.8. The van der Waals surface area contributed by atoms with E-state index in [0.717, 1.165) is 5.02 Å². The first-order valence-corrected chi connectivity index (χ1v) is 12.6. The molecule has 1 heterocycles. The maximum atomic E-state index is 6.11. The van der Waals surface area contributed by atoms with Crippen molar-refractivity contribution in [3.05, 3.63) is 65.2 Å². The van der Waals surface area contributed by atoms with Crippen LogP contribution in [0.5, 0.6) is 0 Å². The Hall–Kier alpha value is -0.773. The lowest BCUT2D eigenvalue weighted by atomic mass is 10.1. The van der Waals surface area contributed by atoms with Gasteiger partial charge >= 0.3 is 0 Å². The summed E-state index contributed by atoms with van der Waals surface area (Å²) in [6.07, 6.45) is 0. The molecule has 2 unspecified atom stereocenters. The number of anilines is 1. The number of hydrogen-bond donors (Lipinski definition) is 0. The molecule has 1 aliphatic rings. The van der Waals surface area contributed by atoms with Crippen molar-refractivity contribution in [2.24, 2.45) is 0 Å². The van der Waals surface area contributed by atoms with Gasteiger partial charge in [0.2, 0.25) is 0 Å². The molecule has 2 aromatic rings. The summed E-state index contributed by atoms with van der Waals surface area (Å²) in [5.74, 6) is 0. The molecule has 4 heteroatoms.